The van der Waals surface area contributed by atoms with Crippen LogP contribution in [0.5, 0.6) is 0 Å². The molecule has 0 atom stereocenters. The van der Waals surface area contributed by atoms with Gasteiger partial charge in [-0.1, -0.05) is 52.9 Å². The predicted octanol–water partition coefficient (Wildman–Crippen LogP) is 4.41. The van der Waals surface area contributed by atoms with Crippen LogP contribution in [0.15, 0.2) is 58.5 Å². The molecule has 0 aliphatic rings. The van der Waals surface area contributed by atoms with Gasteiger partial charge in [-0.3, -0.25) is 19.5 Å². The number of carbonyl (C=O) groups excluding carboxylic acids is 1. The molecule has 5 rings (SSSR count). The van der Waals surface area contributed by atoms with E-state index in [0.717, 1.165) is 15.9 Å². The van der Waals surface area contributed by atoms with Crippen LogP contribution in [0, 0.1) is 6.92 Å². The summed E-state index contributed by atoms with van der Waals surface area (Å²) in [5.74, 6) is -0.214. The molecule has 2 N–H and O–H groups in total. The maximum atomic E-state index is 13.5. The lowest BCUT2D eigenvalue weighted by Gasteiger charge is -2.12. The number of halogens is 1. The van der Waals surface area contributed by atoms with E-state index < -0.39 is 0 Å². The fourth-order valence-corrected chi connectivity index (χ4v) is 4.83. The van der Waals surface area contributed by atoms with E-state index in [0.29, 0.717) is 32.0 Å². The highest BCUT2D eigenvalue weighted by Gasteiger charge is 2.18. The van der Waals surface area contributed by atoms with Gasteiger partial charge in [0.05, 0.1) is 11.4 Å². The molecule has 0 saturated carbocycles. The smallest absolute Gasteiger partial charge is 0.283 e. The standard InChI is InChI=1S/C21H15ClN6O2S2/c1-11-26-27-20(32-11)24-16(29)10-31-21-25-17-14-4-2-3-5-15(14)23-18(17)19(30)28(21)13-8-6-12(22)7-9-13/h2-9,23H,10H2,1H3,(H,24,27,29). The summed E-state index contributed by atoms with van der Waals surface area (Å²) in [7, 11) is 0. The average Bonchev–Trinajstić information content (AvgIpc) is 3.36. The maximum Gasteiger partial charge on any atom is 0.283 e. The number of carbonyl (C=O) groups is 1. The minimum absolute atomic E-state index is 0.0481. The van der Waals surface area contributed by atoms with Crippen LogP contribution in [0.2, 0.25) is 5.02 Å². The number of rotatable bonds is 5. The van der Waals surface area contributed by atoms with Gasteiger partial charge in [-0.2, -0.15) is 0 Å². The van der Waals surface area contributed by atoms with Crippen LogP contribution >= 0.6 is 34.7 Å². The summed E-state index contributed by atoms with van der Waals surface area (Å²) in [5.41, 5.74) is 2.14. The van der Waals surface area contributed by atoms with E-state index in [-0.39, 0.29) is 17.2 Å². The first-order chi connectivity index (χ1) is 15.5. The first kappa shape index (κ1) is 20.7. The largest absolute Gasteiger partial charge is 0.349 e. The molecule has 8 nitrogen and oxygen atoms in total. The fraction of sp³-hybridized carbons (Fsp3) is 0.0952. The van der Waals surface area contributed by atoms with Gasteiger partial charge in [-0.05, 0) is 37.3 Å². The van der Waals surface area contributed by atoms with Gasteiger partial charge in [0, 0.05) is 15.9 Å². The first-order valence-corrected chi connectivity index (χ1v) is 11.7. The highest BCUT2D eigenvalue weighted by molar-refractivity contribution is 7.99. The van der Waals surface area contributed by atoms with Crippen molar-refractivity contribution in [3.63, 3.8) is 0 Å². The Hall–Kier alpha value is -3.21. The van der Waals surface area contributed by atoms with Gasteiger partial charge in [0.25, 0.3) is 5.56 Å². The number of hydrogen-bond acceptors (Lipinski definition) is 7. The van der Waals surface area contributed by atoms with Crippen LogP contribution in [-0.4, -0.2) is 36.4 Å². The summed E-state index contributed by atoms with van der Waals surface area (Å²) in [4.78, 5) is 33.9. The summed E-state index contributed by atoms with van der Waals surface area (Å²) in [5, 5.41) is 13.5. The quantitative estimate of drug-likeness (QED) is 0.284. The van der Waals surface area contributed by atoms with Crippen LogP contribution in [0.1, 0.15) is 5.01 Å². The second kappa shape index (κ2) is 8.38. The molecule has 2 aromatic carbocycles. The van der Waals surface area contributed by atoms with Gasteiger partial charge < -0.3 is 4.98 Å². The SMILES string of the molecule is Cc1nnc(NC(=O)CSc2nc3c([nH]c4ccccc43)c(=O)n2-c2ccc(Cl)cc2)s1. The Bertz CT molecular complexity index is 1520. The van der Waals surface area contributed by atoms with Crippen molar-refractivity contribution < 1.29 is 4.79 Å². The topological polar surface area (TPSA) is 106 Å². The summed E-state index contributed by atoms with van der Waals surface area (Å²) >= 11 is 8.50. The lowest BCUT2D eigenvalue weighted by Crippen LogP contribution is -2.23. The van der Waals surface area contributed by atoms with Crippen molar-refractivity contribution in [3.05, 3.63) is 68.9 Å². The van der Waals surface area contributed by atoms with Gasteiger partial charge in [0.15, 0.2) is 5.16 Å². The molecule has 0 aliphatic carbocycles. The minimum Gasteiger partial charge on any atom is -0.349 e. The van der Waals surface area contributed by atoms with E-state index in [4.69, 9.17) is 16.6 Å². The molecule has 0 spiro atoms. The van der Waals surface area contributed by atoms with Crippen molar-refractivity contribution in [2.45, 2.75) is 12.1 Å². The second-order valence-corrected chi connectivity index (χ2v) is 9.43. The monoisotopic (exact) mass is 482 g/mol. The van der Waals surface area contributed by atoms with Crippen molar-refractivity contribution in [2.24, 2.45) is 0 Å². The van der Waals surface area contributed by atoms with Gasteiger partial charge in [-0.15, -0.1) is 10.2 Å². The Kier molecular flexibility index (Phi) is 5.41. The molecular weight excluding hydrogens is 468 g/mol. The number of H-pyrrole nitrogens is 1. The summed E-state index contributed by atoms with van der Waals surface area (Å²) in [6.07, 6.45) is 0. The molecule has 0 unspecified atom stereocenters. The molecule has 0 radical (unpaired) electrons. The highest BCUT2D eigenvalue weighted by atomic mass is 35.5. The van der Waals surface area contributed by atoms with Gasteiger partial charge in [0.1, 0.15) is 16.0 Å². The van der Waals surface area contributed by atoms with Crippen LogP contribution in [0.25, 0.3) is 27.6 Å². The Morgan fingerprint density at radius 1 is 1.19 bits per heavy atom. The zero-order valence-corrected chi connectivity index (χ0v) is 19.0. The minimum atomic E-state index is -0.262. The number of anilines is 1. The molecule has 160 valence electrons. The number of aromatic amines is 1. The third-order valence-electron chi connectivity index (χ3n) is 4.68. The molecule has 0 fully saturated rings. The molecule has 5 aromatic rings. The Balaban J connectivity index is 1.57. The number of thioether (sulfide) groups is 1. The second-order valence-electron chi connectivity index (χ2n) is 6.87. The molecular formula is C21H15ClN6O2S2. The Morgan fingerprint density at radius 3 is 2.72 bits per heavy atom. The molecule has 0 bridgehead atoms. The molecule has 1 amide bonds. The van der Waals surface area contributed by atoms with Crippen molar-refractivity contribution in [1.82, 2.24) is 24.7 Å². The fourth-order valence-electron chi connectivity index (χ4n) is 3.29. The van der Waals surface area contributed by atoms with E-state index in [2.05, 4.69) is 20.5 Å². The van der Waals surface area contributed by atoms with Crippen LogP contribution in [0.3, 0.4) is 0 Å². The number of fused-ring (bicyclic) bond motifs is 3. The summed E-state index contributed by atoms with van der Waals surface area (Å²) in [6.45, 7) is 1.81. The molecule has 0 aliphatic heterocycles. The molecule has 11 heteroatoms. The van der Waals surface area contributed by atoms with Gasteiger partial charge in [-0.25, -0.2) is 4.98 Å². The van der Waals surface area contributed by atoms with Crippen molar-refractivity contribution >= 4 is 67.7 Å². The van der Waals surface area contributed by atoms with Gasteiger partial charge >= 0.3 is 0 Å². The first-order valence-electron chi connectivity index (χ1n) is 9.52. The average molecular weight is 483 g/mol. The van der Waals surface area contributed by atoms with Crippen molar-refractivity contribution in [1.29, 1.82) is 0 Å². The van der Waals surface area contributed by atoms with Gasteiger partial charge in [0.2, 0.25) is 11.0 Å². The Labute approximate surface area is 194 Å². The molecule has 0 saturated heterocycles. The normalized spacial score (nSPS) is 11.3. The third kappa shape index (κ3) is 3.88. The number of aromatic nitrogens is 5. The zero-order valence-electron chi connectivity index (χ0n) is 16.6. The van der Waals surface area contributed by atoms with Crippen LogP contribution in [-0.2, 0) is 4.79 Å². The lowest BCUT2D eigenvalue weighted by molar-refractivity contribution is -0.113. The Morgan fingerprint density at radius 2 is 1.97 bits per heavy atom. The number of para-hydroxylation sites is 1. The zero-order chi connectivity index (χ0) is 22.2. The highest BCUT2D eigenvalue weighted by Crippen LogP contribution is 2.27. The third-order valence-corrected chi connectivity index (χ3v) is 6.63. The predicted molar refractivity (Wildman–Crippen MR) is 128 cm³/mol. The maximum absolute atomic E-state index is 13.5. The van der Waals surface area contributed by atoms with E-state index in [1.54, 1.807) is 24.3 Å². The van der Waals surface area contributed by atoms with Crippen LogP contribution < -0.4 is 10.9 Å². The molecule has 3 aromatic heterocycles. The molecule has 3 heterocycles. The number of amides is 1. The molecule has 32 heavy (non-hydrogen) atoms. The van der Waals surface area contributed by atoms with E-state index in [9.17, 15) is 9.59 Å². The number of benzene rings is 2. The number of nitrogens with one attached hydrogen (secondary N) is 2. The number of aryl methyl sites for hydroxylation is 1. The number of nitrogens with zero attached hydrogens (tertiary/aromatic N) is 4. The number of hydrogen-bond donors (Lipinski definition) is 2. The summed E-state index contributed by atoms with van der Waals surface area (Å²) in [6, 6.07) is 14.5. The van der Waals surface area contributed by atoms with Crippen LogP contribution in [0.4, 0.5) is 5.13 Å². The van der Waals surface area contributed by atoms with E-state index >= 15 is 0 Å². The van der Waals surface area contributed by atoms with E-state index in [1.807, 2.05) is 31.2 Å². The van der Waals surface area contributed by atoms with E-state index in [1.165, 1.54) is 27.7 Å². The lowest BCUT2D eigenvalue weighted by atomic mass is 10.2. The van der Waals surface area contributed by atoms with Crippen molar-refractivity contribution in [3.8, 4) is 5.69 Å². The van der Waals surface area contributed by atoms with Crippen molar-refractivity contribution in [2.75, 3.05) is 11.1 Å². The summed E-state index contributed by atoms with van der Waals surface area (Å²) < 4.78 is 1.49.